The monoisotopic (exact) mass is 429 g/mol. The maximum atomic E-state index is 12.5. The number of hydrogen-bond donors (Lipinski definition) is 0. The highest BCUT2D eigenvalue weighted by Crippen LogP contribution is 2.52. The van der Waals surface area contributed by atoms with Gasteiger partial charge in [0.25, 0.3) is 6.10 Å². The van der Waals surface area contributed by atoms with Crippen LogP contribution in [0.25, 0.3) is 0 Å². The van der Waals surface area contributed by atoms with Gasteiger partial charge in [0, 0.05) is 18.5 Å². The van der Waals surface area contributed by atoms with Gasteiger partial charge in [-0.05, 0) is 40.5 Å². The molecule has 3 aliphatic rings. The molecule has 3 fully saturated rings. The number of carbonyl (C=O) groups is 1. The van der Waals surface area contributed by atoms with Crippen LogP contribution in [0.15, 0.2) is 11.5 Å². The zero-order valence-electron chi connectivity index (χ0n) is 16.4. The van der Waals surface area contributed by atoms with E-state index < -0.39 is 42.9 Å². The molecule has 1 aliphatic carbocycles. The molecule has 0 bridgehead atoms. The lowest BCUT2D eigenvalue weighted by molar-refractivity contribution is -0.309. The molecule has 29 heavy (non-hydrogen) atoms. The van der Waals surface area contributed by atoms with Crippen LogP contribution in [0.4, 0.5) is 31.1 Å². The Labute approximate surface area is 164 Å². The summed E-state index contributed by atoms with van der Waals surface area (Å²) in [6.07, 6.45) is -16.0. The summed E-state index contributed by atoms with van der Waals surface area (Å²) in [5, 5.41) is 0. The van der Waals surface area contributed by atoms with E-state index in [1.807, 2.05) is 33.7 Å². The van der Waals surface area contributed by atoms with Crippen LogP contribution in [0.3, 0.4) is 0 Å². The Morgan fingerprint density at radius 2 is 1.48 bits per heavy atom. The first-order valence-electron chi connectivity index (χ1n) is 9.08. The van der Waals surface area contributed by atoms with E-state index in [2.05, 4.69) is 4.74 Å². The van der Waals surface area contributed by atoms with Gasteiger partial charge in [0.2, 0.25) is 0 Å². The van der Waals surface area contributed by atoms with Crippen molar-refractivity contribution in [3.63, 3.8) is 0 Å². The van der Waals surface area contributed by atoms with Gasteiger partial charge in [-0.3, -0.25) is 0 Å². The first kappa shape index (κ1) is 22.3. The second-order valence-electron chi connectivity index (χ2n) is 9.01. The highest BCUT2D eigenvalue weighted by molar-refractivity contribution is 6.51. The minimum Gasteiger partial charge on any atom is -0.426 e. The summed E-state index contributed by atoms with van der Waals surface area (Å²) in [7, 11) is -0.521. The van der Waals surface area contributed by atoms with Crippen molar-refractivity contribution in [2.75, 3.05) is 13.1 Å². The van der Waals surface area contributed by atoms with Gasteiger partial charge in [-0.2, -0.15) is 26.3 Å². The van der Waals surface area contributed by atoms with Gasteiger partial charge in [0.1, 0.15) is 0 Å². The van der Waals surface area contributed by atoms with Gasteiger partial charge in [0.05, 0.1) is 11.2 Å². The summed E-state index contributed by atoms with van der Waals surface area (Å²) in [6.45, 7) is 7.76. The molecule has 0 atom stereocenters. The fraction of sp³-hybridized carbons (Fsp3) is 0.824. The van der Waals surface area contributed by atoms with Gasteiger partial charge in [0.15, 0.2) is 0 Å². The minimum atomic E-state index is -5.72. The number of hydrogen-bond acceptors (Lipinski definition) is 4. The van der Waals surface area contributed by atoms with E-state index in [1.54, 1.807) is 0 Å². The van der Waals surface area contributed by atoms with Crippen LogP contribution in [-0.2, 0) is 14.0 Å². The molecule has 2 heterocycles. The number of nitrogens with zero attached hydrogens (tertiary/aromatic N) is 1. The smallest absolute Gasteiger partial charge is 0.426 e. The van der Waals surface area contributed by atoms with Crippen molar-refractivity contribution >= 4 is 13.2 Å². The van der Waals surface area contributed by atoms with Gasteiger partial charge < -0.3 is 18.9 Å². The Morgan fingerprint density at radius 3 is 1.90 bits per heavy atom. The number of rotatable bonds is 2. The molecular formula is C17H22BF6NO4. The zero-order valence-corrected chi connectivity index (χ0v) is 16.4. The van der Waals surface area contributed by atoms with Crippen molar-refractivity contribution < 1.29 is 45.2 Å². The standard InChI is InChI=1S/C17H22BF6NO4/c1-13(2)14(3,4)29-18(28-13)7-10-5-15(6-10)8-25(9-15)12(26)27-11(16(19,20)21)17(22,23)24/h7,11H,5-6,8-9H2,1-4H3. The van der Waals surface area contributed by atoms with Crippen molar-refractivity contribution in [1.29, 1.82) is 0 Å². The van der Waals surface area contributed by atoms with E-state index in [9.17, 15) is 31.1 Å². The van der Waals surface area contributed by atoms with Crippen LogP contribution in [0, 0.1) is 5.41 Å². The fourth-order valence-corrected chi connectivity index (χ4v) is 3.79. The Hall–Kier alpha value is -1.43. The normalized spacial score (nSPS) is 25.1. The molecule has 0 unspecified atom stereocenters. The topological polar surface area (TPSA) is 48.0 Å². The average molecular weight is 429 g/mol. The molecule has 0 aromatic carbocycles. The van der Waals surface area contributed by atoms with Gasteiger partial charge in [-0.1, -0.05) is 11.5 Å². The molecule has 0 aromatic heterocycles. The van der Waals surface area contributed by atoms with Crippen LogP contribution in [0.1, 0.15) is 40.5 Å². The molecule has 1 amide bonds. The van der Waals surface area contributed by atoms with Crippen molar-refractivity contribution in [3.8, 4) is 0 Å². The molecule has 2 saturated heterocycles. The van der Waals surface area contributed by atoms with Crippen LogP contribution >= 0.6 is 0 Å². The number of amides is 1. The second kappa shape index (κ2) is 6.53. The number of allylic oxidation sites excluding steroid dienone is 1. The summed E-state index contributed by atoms with van der Waals surface area (Å²) < 4.78 is 90.4. The van der Waals surface area contributed by atoms with Gasteiger partial charge in [-0.25, -0.2) is 4.79 Å². The lowest BCUT2D eigenvalue weighted by Crippen LogP contribution is -2.63. The van der Waals surface area contributed by atoms with E-state index in [0.717, 1.165) is 10.5 Å². The molecule has 0 N–H and O–H groups in total. The van der Waals surface area contributed by atoms with Crippen molar-refractivity contribution in [2.45, 2.75) is 70.2 Å². The number of carbonyl (C=O) groups excluding carboxylic acids is 1. The van der Waals surface area contributed by atoms with Crippen LogP contribution in [0.2, 0.25) is 0 Å². The maximum absolute atomic E-state index is 12.5. The number of halogens is 6. The summed E-state index contributed by atoms with van der Waals surface area (Å²) >= 11 is 0. The zero-order chi connectivity index (χ0) is 22.0. The summed E-state index contributed by atoms with van der Waals surface area (Å²) in [5.74, 6) is 1.84. The quantitative estimate of drug-likeness (QED) is 0.486. The third-order valence-electron chi connectivity index (χ3n) is 5.97. The average Bonchev–Trinajstić information content (AvgIpc) is 2.62. The summed E-state index contributed by atoms with van der Waals surface area (Å²) in [5.41, 5.74) is -0.290. The second-order valence-corrected chi connectivity index (χ2v) is 9.01. The van der Waals surface area contributed by atoms with E-state index >= 15 is 0 Å². The first-order chi connectivity index (χ1) is 12.9. The Kier molecular flexibility index (Phi) is 5.02. The highest BCUT2D eigenvalue weighted by Gasteiger charge is 2.61. The molecular weight excluding hydrogens is 407 g/mol. The largest absolute Gasteiger partial charge is 0.487 e. The number of alkyl halides is 6. The van der Waals surface area contributed by atoms with Crippen LogP contribution < -0.4 is 0 Å². The van der Waals surface area contributed by atoms with Gasteiger partial charge >= 0.3 is 25.6 Å². The SMILES string of the molecule is CC1(C)OB(C=C2CC3(C2)CN(C(=O)OC(C(F)(F)F)C(F)(F)F)C3)OC1(C)C. The predicted octanol–water partition coefficient (Wildman–Crippen LogP) is 4.27. The summed E-state index contributed by atoms with van der Waals surface area (Å²) in [4.78, 5) is 12.6. The molecule has 164 valence electrons. The van der Waals surface area contributed by atoms with E-state index in [4.69, 9.17) is 9.31 Å². The maximum Gasteiger partial charge on any atom is 0.487 e. The molecule has 1 saturated carbocycles. The number of ether oxygens (including phenoxy) is 1. The third kappa shape index (κ3) is 4.23. The van der Waals surface area contributed by atoms with Gasteiger partial charge in [-0.15, -0.1) is 0 Å². The molecule has 0 aromatic rings. The van der Waals surface area contributed by atoms with Crippen molar-refractivity contribution in [3.05, 3.63) is 11.5 Å². The lowest BCUT2D eigenvalue weighted by atomic mass is 9.59. The van der Waals surface area contributed by atoms with E-state index in [1.165, 1.54) is 0 Å². The Bertz CT molecular complexity index is 672. The highest BCUT2D eigenvalue weighted by atomic mass is 19.4. The minimum absolute atomic E-state index is 0.0506. The Balaban J connectivity index is 1.50. The fourth-order valence-electron chi connectivity index (χ4n) is 3.79. The van der Waals surface area contributed by atoms with Crippen LogP contribution in [0.5, 0.6) is 0 Å². The summed E-state index contributed by atoms with van der Waals surface area (Å²) in [6, 6.07) is 0. The molecule has 12 heteroatoms. The molecule has 2 aliphatic heterocycles. The first-order valence-corrected chi connectivity index (χ1v) is 9.08. The predicted molar refractivity (Wildman–Crippen MR) is 89.8 cm³/mol. The molecule has 5 nitrogen and oxygen atoms in total. The molecule has 3 rings (SSSR count). The van der Waals surface area contributed by atoms with Crippen molar-refractivity contribution in [1.82, 2.24) is 4.90 Å². The molecule has 1 spiro atoms. The van der Waals surface area contributed by atoms with Crippen molar-refractivity contribution in [2.24, 2.45) is 5.41 Å². The van der Waals surface area contributed by atoms with Crippen LogP contribution in [-0.4, -0.2) is 60.9 Å². The lowest BCUT2D eigenvalue weighted by Gasteiger charge is -2.56. The molecule has 0 radical (unpaired) electrons. The number of likely N-dealkylation sites (tertiary alicyclic amines) is 1. The third-order valence-corrected chi connectivity index (χ3v) is 5.97. The van der Waals surface area contributed by atoms with E-state index in [-0.39, 0.29) is 18.5 Å². The van der Waals surface area contributed by atoms with E-state index in [0.29, 0.717) is 12.8 Å². The Morgan fingerprint density at radius 1 is 1.03 bits per heavy atom.